The number of nitrogens with zero attached hydrogens (tertiary/aromatic N) is 2. The molecule has 1 amide bonds. The van der Waals surface area contributed by atoms with Gasteiger partial charge in [0.2, 0.25) is 5.91 Å². The number of hydrogen-bond donors (Lipinski definition) is 2. The zero-order valence-electron chi connectivity index (χ0n) is 18.8. The van der Waals surface area contributed by atoms with Crippen LogP contribution in [0.1, 0.15) is 4.88 Å². The Morgan fingerprint density at radius 2 is 1.51 bits per heavy atom. The van der Waals surface area contributed by atoms with Crippen LogP contribution in [-0.2, 0) is 4.79 Å². The SMILES string of the molecule is Cc1sc(NC(=O)CSc2nc(-c3ccccc3)c(-c3ccccc3)[nH]2)nc1-c1ccc(F)cc1. The summed E-state index contributed by atoms with van der Waals surface area (Å²) in [5.74, 6) is -0.287. The molecule has 5 rings (SSSR count). The molecule has 5 nitrogen and oxygen atoms in total. The highest BCUT2D eigenvalue weighted by Crippen LogP contribution is 2.33. The number of halogens is 1. The molecular formula is C27H21FN4OS2. The minimum atomic E-state index is -0.295. The molecular weight excluding hydrogens is 479 g/mol. The molecule has 0 saturated heterocycles. The molecule has 0 unspecified atom stereocenters. The third-order valence-corrected chi connectivity index (χ3v) is 7.05. The van der Waals surface area contributed by atoms with Crippen molar-refractivity contribution in [2.24, 2.45) is 0 Å². The van der Waals surface area contributed by atoms with E-state index in [0.29, 0.717) is 10.3 Å². The molecule has 0 aliphatic carbocycles. The molecule has 0 saturated carbocycles. The predicted molar refractivity (Wildman–Crippen MR) is 141 cm³/mol. The van der Waals surface area contributed by atoms with Gasteiger partial charge in [-0.3, -0.25) is 4.79 Å². The van der Waals surface area contributed by atoms with Gasteiger partial charge >= 0.3 is 0 Å². The van der Waals surface area contributed by atoms with Gasteiger partial charge in [0.05, 0.1) is 22.8 Å². The molecule has 35 heavy (non-hydrogen) atoms. The topological polar surface area (TPSA) is 70.7 Å². The van der Waals surface area contributed by atoms with Crippen molar-refractivity contribution in [3.8, 4) is 33.8 Å². The zero-order valence-corrected chi connectivity index (χ0v) is 20.4. The Kier molecular flexibility index (Phi) is 6.74. The molecule has 0 bridgehead atoms. The second kappa shape index (κ2) is 10.2. The van der Waals surface area contributed by atoms with Crippen molar-refractivity contribution < 1.29 is 9.18 Å². The Labute approximate surface area is 210 Å². The number of imidazole rings is 1. The number of nitrogens with one attached hydrogen (secondary N) is 2. The summed E-state index contributed by atoms with van der Waals surface area (Å²) in [6.07, 6.45) is 0. The molecule has 2 N–H and O–H groups in total. The maximum absolute atomic E-state index is 13.2. The molecule has 0 atom stereocenters. The lowest BCUT2D eigenvalue weighted by atomic mass is 10.1. The number of aryl methyl sites for hydroxylation is 1. The van der Waals surface area contributed by atoms with Crippen LogP contribution in [0.25, 0.3) is 33.8 Å². The minimum absolute atomic E-state index is 0.173. The quantitative estimate of drug-likeness (QED) is 0.235. The van der Waals surface area contributed by atoms with Crippen molar-refractivity contribution >= 4 is 34.1 Å². The predicted octanol–water partition coefficient (Wildman–Crippen LogP) is 7.05. The monoisotopic (exact) mass is 500 g/mol. The van der Waals surface area contributed by atoms with Crippen molar-refractivity contribution in [2.45, 2.75) is 12.1 Å². The van der Waals surface area contributed by atoms with E-state index in [1.54, 1.807) is 12.1 Å². The maximum Gasteiger partial charge on any atom is 0.236 e. The zero-order chi connectivity index (χ0) is 24.2. The number of rotatable bonds is 7. The summed E-state index contributed by atoms with van der Waals surface area (Å²) >= 11 is 2.73. The van der Waals surface area contributed by atoms with Gasteiger partial charge in [-0.1, -0.05) is 72.4 Å². The van der Waals surface area contributed by atoms with Gasteiger partial charge < -0.3 is 10.3 Å². The van der Waals surface area contributed by atoms with Crippen LogP contribution in [0, 0.1) is 12.7 Å². The summed E-state index contributed by atoms with van der Waals surface area (Å²) in [7, 11) is 0. The van der Waals surface area contributed by atoms with E-state index in [-0.39, 0.29) is 17.5 Å². The van der Waals surface area contributed by atoms with Crippen molar-refractivity contribution in [3.63, 3.8) is 0 Å². The van der Waals surface area contributed by atoms with E-state index < -0.39 is 0 Å². The smallest absolute Gasteiger partial charge is 0.236 e. The van der Waals surface area contributed by atoms with Gasteiger partial charge in [0.1, 0.15) is 5.82 Å². The summed E-state index contributed by atoms with van der Waals surface area (Å²) in [6, 6.07) is 26.2. The highest BCUT2D eigenvalue weighted by molar-refractivity contribution is 7.99. The number of hydrogen-bond acceptors (Lipinski definition) is 5. The van der Waals surface area contributed by atoms with Crippen LogP contribution < -0.4 is 5.32 Å². The third kappa shape index (κ3) is 5.34. The molecule has 0 radical (unpaired) electrons. The number of carbonyl (C=O) groups is 1. The lowest BCUT2D eigenvalue weighted by Crippen LogP contribution is -2.13. The fourth-order valence-electron chi connectivity index (χ4n) is 3.65. The summed E-state index contributed by atoms with van der Waals surface area (Å²) in [5.41, 5.74) is 5.35. The van der Waals surface area contributed by atoms with Crippen LogP contribution in [0.2, 0.25) is 0 Å². The van der Waals surface area contributed by atoms with E-state index in [0.717, 1.165) is 38.6 Å². The van der Waals surface area contributed by atoms with Gasteiger partial charge in [-0.15, -0.1) is 11.3 Å². The number of carbonyl (C=O) groups excluding carboxylic acids is 1. The average molecular weight is 501 g/mol. The summed E-state index contributed by atoms with van der Waals surface area (Å²) in [5, 5.41) is 4.05. The maximum atomic E-state index is 13.2. The summed E-state index contributed by atoms with van der Waals surface area (Å²) < 4.78 is 13.2. The molecule has 174 valence electrons. The lowest BCUT2D eigenvalue weighted by Gasteiger charge is -2.02. The van der Waals surface area contributed by atoms with E-state index in [1.165, 1.54) is 35.2 Å². The van der Waals surface area contributed by atoms with Gasteiger partial charge in [-0.05, 0) is 31.2 Å². The summed E-state index contributed by atoms with van der Waals surface area (Å²) in [4.78, 5) is 26.3. The van der Waals surface area contributed by atoms with Crippen LogP contribution in [0.5, 0.6) is 0 Å². The Balaban J connectivity index is 1.30. The van der Waals surface area contributed by atoms with Crippen LogP contribution >= 0.6 is 23.1 Å². The normalized spacial score (nSPS) is 10.9. The minimum Gasteiger partial charge on any atom is -0.332 e. The Bertz CT molecular complexity index is 1390. The number of aromatic amines is 1. The van der Waals surface area contributed by atoms with Crippen LogP contribution in [0.15, 0.2) is 90.1 Å². The number of thiazole rings is 1. The molecule has 0 aliphatic heterocycles. The van der Waals surface area contributed by atoms with Crippen LogP contribution in [-0.4, -0.2) is 26.6 Å². The van der Waals surface area contributed by atoms with Crippen molar-refractivity contribution in [3.05, 3.63) is 95.6 Å². The number of H-pyrrole nitrogens is 1. The fourth-order valence-corrected chi connectivity index (χ4v) is 5.18. The van der Waals surface area contributed by atoms with Gasteiger partial charge in [-0.2, -0.15) is 0 Å². The van der Waals surface area contributed by atoms with Crippen molar-refractivity contribution in [1.82, 2.24) is 15.0 Å². The highest BCUT2D eigenvalue weighted by atomic mass is 32.2. The highest BCUT2D eigenvalue weighted by Gasteiger charge is 2.16. The van der Waals surface area contributed by atoms with Crippen LogP contribution in [0.4, 0.5) is 9.52 Å². The fraction of sp³-hybridized carbons (Fsp3) is 0.0741. The first-order valence-electron chi connectivity index (χ1n) is 10.9. The first-order chi connectivity index (χ1) is 17.1. The van der Waals surface area contributed by atoms with E-state index in [2.05, 4.69) is 15.3 Å². The van der Waals surface area contributed by atoms with E-state index in [4.69, 9.17) is 4.98 Å². The van der Waals surface area contributed by atoms with E-state index in [1.807, 2.05) is 67.6 Å². The number of anilines is 1. The number of benzene rings is 3. The molecule has 5 aromatic rings. The molecule has 2 heterocycles. The molecule has 8 heteroatoms. The van der Waals surface area contributed by atoms with Crippen molar-refractivity contribution in [1.29, 1.82) is 0 Å². The Morgan fingerprint density at radius 1 is 0.886 bits per heavy atom. The second-order valence-corrected chi connectivity index (χ2v) is 9.93. The largest absolute Gasteiger partial charge is 0.332 e. The summed E-state index contributed by atoms with van der Waals surface area (Å²) in [6.45, 7) is 1.93. The standard InChI is InChI=1S/C27H21FN4OS2/c1-17-23(20-12-14-21(28)15-13-20)30-27(35-17)29-22(33)16-34-26-31-24(18-8-4-2-5-9-18)25(32-26)19-10-6-3-7-11-19/h2-15H,16H2,1H3,(H,31,32)(H,29,30,33). The molecule has 2 aromatic heterocycles. The van der Waals surface area contributed by atoms with E-state index >= 15 is 0 Å². The average Bonchev–Trinajstić information content (AvgIpc) is 3.48. The van der Waals surface area contributed by atoms with Gasteiger partial charge in [0.15, 0.2) is 10.3 Å². The van der Waals surface area contributed by atoms with Crippen molar-refractivity contribution in [2.75, 3.05) is 11.1 Å². The van der Waals surface area contributed by atoms with Crippen LogP contribution in [0.3, 0.4) is 0 Å². The number of aromatic nitrogens is 3. The van der Waals surface area contributed by atoms with Gasteiger partial charge in [-0.25, -0.2) is 14.4 Å². The first-order valence-corrected chi connectivity index (χ1v) is 12.7. The number of thioether (sulfide) groups is 1. The van der Waals surface area contributed by atoms with Gasteiger partial charge in [0.25, 0.3) is 0 Å². The molecule has 0 fully saturated rings. The first kappa shape index (κ1) is 23.0. The van der Waals surface area contributed by atoms with Gasteiger partial charge in [0, 0.05) is 21.6 Å². The molecule has 0 aliphatic rings. The Hall–Kier alpha value is -3.75. The number of amides is 1. The molecule has 0 spiro atoms. The lowest BCUT2D eigenvalue weighted by molar-refractivity contribution is -0.113. The van der Waals surface area contributed by atoms with E-state index in [9.17, 15) is 9.18 Å². The Morgan fingerprint density at radius 3 is 2.20 bits per heavy atom. The molecule has 3 aromatic carbocycles. The second-order valence-electron chi connectivity index (χ2n) is 7.77. The third-order valence-electron chi connectivity index (χ3n) is 5.29.